The van der Waals surface area contributed by atoms with Crippen LogP contribution in [0.2, 0.25) is 0 Å². The summed E-state index contributed by atoms with van der Waals surface area (Å²) < 4.78 is 5.39. The Morgan fingerprint density at radius 2 is 1.86 bits per heavy atom. The van der Waals surface area contributed by atoms with Gasteiger partial charge >= 0.3 is 0 Å². The lowest BCUT2D eigenvalue weighted by atomic mass is 10.1. The molecule has 2 N–H and O–H groups in total. The number of anilines is 1. The lowest BCUT2D eigenvalue weighted by Crippen LogP contribution is -2.20. The van der Waals surface area contributed by atoms with Gasteiger partial charge in [-0.2, -0.15) is 0 Å². The number of benzene rings is 2. The normalized spacial score (nSPS) is 10.8. The van der Waals surface area contributed by atoms with Gasteiger partial charge in [0.25, 0.3) is 0 Å². The van der Waals surface area contributed by atoms with Crippen molar-refractivity contribution < 1.29 is 4.74 Å². The number of nitrogens with two attached hydrogens (primary N) is 1. The summed E-state index contributed by atoms with van der Waals surface area (Å²) in [6, 6.07) is 16.4. The third-order valence-corrected chi connectivity index (χ3v) is 3.59. The monoisotopic (exact) mass is 284 g/mol. The first-order valence-electron chi connectivity index (χ1n) is 7.34. The molecule has 112 valence electrons. The fraction of sp³-hybridized carbons (Fsp3) is 0.333. The van der Waals surface area contributed by atoms with E-state index in [1.54, 1.807) is 7.11 Å². The fourth-order valence-corrected chi connectivity index (χ4v) is 2.49. The maximum atomic E-state index is 5.86. The second-order valence-electron chi connectivity index (χ2n) is 5.40. The number of rotatable bonds is 7. The van der Waals surface area contributed by atoms with Gasteiger partial charge in [0.1, 0.15) is 5.75 Å². The molecule has 0 amide bonds. The van der Waals surface area contributed by atoms with E-state index in [9.17, 15) is 0 Å². The quantitative estimate of drug-likeness (QED) is 0.793. The SMILES string of the molecule is COc1ccc(N)cc1CN(C)CCCc1ccccc1. The second-order valence-corrected chi connectivity index (χ2v) is 5.40. The van der Waals surface area contributed by atoms with E-state index in [1.165, 1.54) is 5.56 Å². The highest BCUT2D eigenvalue weighted by Gasteiger charge is 2.07. The zero-order valence-electron chi connectivity index (χ0n) is 12.9. The van der Waals surface area contributed by atoms with Gasteiger partial charge in [-0.1, -0.05) is 30.3 Å². The van der Waals surface area contributed by atoms with Gasteiger partial charge in [-0.25, -0.2) is 0 Å². The fourth-order valence-electron chi connectivity index (χ4n) is 2.49. The molecule has 0 aromatic heterocycles. The minimum Gasteiger partial charge on any atom is -0.496 e. The van der Waals surface area contributed by atoms with Crippen molar-refractivity contribution in [3.8, 4) is 5.75 Å². The first kappa shape index (κ1) is 15.4. The van der Waals surface area contributed by atoms with Gasteiger partial charge < -0.3 is 15.4 Å². The Morgan fingerprint density at radius 3 is 2.57 bits per heavy atom. The van der Waals surface area contributed by atoms with Crippen molar-refractivity contribution in [1.29, 1.82) is 0 Å². The number of nitrogen functional groups attached to an aromatic ring is 1. The summed E-state index contributed by atoms with van der Waals surface area (Å²) >= 11 is 0. The summed E-state index contributed by atoms with van der Waals surface area (Å²) in [7, 11) is 3.83. The molecule has 0 aliphatic carbocycles. The third-order valence-electron chi connectivity index (χ3n) is 3.59. The molecule has 0 aliphatic rings. The molecule has 3 nitrogen and oxygen atoms in total. The molecular weight excluding hydrogens is 260 g/mol. The molecule has 0 saturated carbocycles. The van der Waals surface area contributed by atoms with Crippen LogP contribution in [0.5, 0.6) is 5.75 Å². The van der Waals surface area contributed by atoms with Crippen molar-refractivity contribution in [1.82, 2.24) is 4.90 Å². The van der Waals surface area contributed by atoms with Crippen LogP contribution in [0.3, 0.4) is 0 Å². The second kappa shape index (κ2) is 7.70. The molecule has 0 spiro atoms. The summed E-state index contributed by atoms with van der Waals surface area (Å²) in [4.78, 5) is 2.31. The maximum absolute atomic E-state index is 5.86. The van der Waals surface area contributed by atoms with Gasteiger partial charge in [0.05, 0.1) is 7.11 Å². The molecule has 0 bridgehead atoms. The zero-order chi connectivity index (χ0) is 15.1. The van der Waals surface area contributed by atoms with E-state index in [0.717, 1.165) is 42.9 Å². The topological polar surface area (TPSA) is 38.5 Å². The van der Waals surface area contributed by atoms with E-state index >= 15 is 0 Å². The van der Waals surface area contributed by atoms with E-state index in [4.69, 9.17) is 10.5 Å². The smallest absolute Gasteiger partial charge is 0.123 e. The van der Waals surface area contributed by atoms with E-state index in [1.807, 2.05) is 18.2 Å². The standard InChI is InChI=1S/C18H24N2O/c1-20(12-6-9-15-7-4-3-5-8-15)14-16-13-17(19)10-11-18(16)21-2/h3-5,7-8,10-11,13H,6,9,12,14,19H2,1-2H3. The Hall–Kier alpha value is -2.00. The first-order valence-corrected chi connectivity index (χ1v) is 7.34. The predicted molar refractivity (Wildman–Crippen MR) is 88.5 cm³/mol. The number of nitrogens with zero attached hydrogens (tertiary/aromatic N) is 1. The summed E-state index contributed by atoms with van der Waals surface area (Å²) in [5, 5.41) is 0. The Bertz CT molecular complexity index is 554. The molecule has 2 aromatic rings. The summed E-state index contributed by atoms with van der Waals surface area (Å²) in [5.74, 6) is 0.902. The van der Waals surface area contributed by atoms with Gasteiger partial charge in [-0.05, 0) is 50.2 Å². The molecule has 0 aliphatic heterocycles. The van der Waals surface area contributed by atoms with Crippen LogP contribution in [0, 0.1) is 0 Å². The number of hydrogen-bond donors (Lipinski definition) is 1. The van der Waals surface area contributed by atoms with Crippen molar-refractivity contribution in [2.24, 2.45) is 0 Å². The van der Waals surface area contributed by atoms with Crippen molar-refractivity contribution >= 4 is 5.69 Å². The highest BCUT2D eigenvalue weighted by atomic mass is 16.5. The van der Waals surface area contributed by atoms with Crippen LogP contribution < -0.4 is 10.5 Å². The molecule has 0 unspecified atom stereocenters. The van der Waals surface area contributed by atoms with E-state index < -0.39 is 0 Å². The van der Waals surface area contributed by atoms with Gasteiger partial charge in [0, 0.05) is 17.8 Å². The average molecular weight is 284 g/mol. The Balaban J connectivity index is 1.84. The van der Waals surface area contributed by atoms with Gasteiger partial charge in [0.15, 0.2) is 0 Å². The predicted octanol–water partition coefficient (Wildman–Crippen LogP) is 3.34. The molecule has 2 aromatic carbocycles. The summed E-state index contributed by atoms with van der Waals surface area (Å²) in [5.41, 5.74) is 9.18. The highest BCUT2D eigenvalue weighted by Crippen LogP contribution is 2.22. The van der Waals surface area contributed by atoms with Crippen molar-refractivity contribution in [3.63, 3.8) is 0 Å². The molecule has 21 heavy (non-hydrogen) atoms. The summed E-state index contributed by atoms with van der Waals surface area (Å²) in [6.45, 7) is 1.90. The highest BCUT2D eigenvalue weighted by molar-refractivity contribution is 5.47. The van der Waals surface area contributed by atoms with Crippen LogP contribution in [0.4, 0.5) is 5.69 Å². The lowest BCUT2D eigenvalue weighted by Gasteiger charge is -2.18. The average Bonchev–Trinajstić information content (AvgIpc) is 2.48. The molecule has 0 atom stereocenters. The van der Waals surface area contributed by atoms with Crippen molar-refractivity contribution in [2.75, 3.05) is 26.4 Å². The number of hydrogen-bond acceptors (Lipinski definition) is 3. The molecule has 0 saturated heterocycles. The van der Waals surface area contributed by atoms with Crippen LogP contribution in [-0.4, -0.2) is 25.6 Å². The Kier molecular flexibility index (Phi) is 5.64. The minimum absolute atomic E-state index is 0.781. The molecule has 0 radical (unpaired) electrons. The lowest BCUT2D eigenvalue weighted by molar-refractivity contribution is 0.313. The molecule has 2 rings (SSSR count). The maximum Gasteiger partial charge on any atom is 0.123 e. The van der Waals surface area contributed by atoms with Crippen LogP contribution in [0.15, 0.2) is 48.5 Å². The Labute approximate surface area is 127 Å². The van der Waals surface area contributed by atoms with Gasteiger partial charge in [-0.3, -0.25) is 0 Å². The van der Waals surface area contributed by atoms with E-state index in [0.29, 0.717) is 0 Å². The van der Waals surface area contributed by atoms with E-state index in [2.05, 4.69) is 42.3 Å². The van der Waals surface area contributed by atoms with Gasteiger partial charge in [-0.15, -0.1) is 0 Å². The first-order chi connectivity index (χ1) is 10.2. The molecule has 0 heterocycles. The van der Waals surface area contributed by atoms with Crippen molar-refractivity contribution in [3.05, 3.63) is 59.7 Å². The molecule has 0 fully saturated rings. The van der Waals surface area contributed by atoms with Gasteiger partial charge in [0.2, 0.25) is 0 Å². The zero-order valence-corrected chi connectivity index (χ0v) is 12.9. The number of ether oxygens (including phenoxy) is 1. The van der Waals surface area contributed by atoms with Crippen LogP contribution in [-0.2, 0) is 13.0 Å². The largest absolute Gasteiger partial charge is 0.496 e. The van der Waals surface area contributed by atoms with Crippen molar-refractivity contribution in [2.45, 2.75) is 19.4 Å². The summed E-state index contributed by atoms with van der Waals surface area (Å²) in [6.07, 6.45) is 2.25. The molecule has 3 heteroatoms. The minimum atomic E-state index is 0.781. The van der Waals surface area contributed by atoms with E-state index in [-0.39, 0.29) is 0 Å². The molecular formula is C18H24N2O. The van der Waals surface area contributed by atoms with Crippen LogP contribution in [0.25, 0.3) is 0 Å². The van der Waals surface area contributed by atoms with Crippen LogP contribution in [0.1, 0.15) is 17.5 Å². The Morgan fingerprint density at radius 1 is 1.10 bits per heavy atom. The number of aryl methyl sites for hydroxylation is 1. The third kappa shape index (κ3) is 4.80. The van der Waals surface area contributed by atoms with Crippen LogP contribution >= 0.6 is 0 Å². The number of methoxy groups -OCH3 is 1.